The number of halogens is 1. The van der Waals surface area contributed by atoms with Crippen molar-refractivity contribution in [2.24, 2.45) is 0 Å². The van der Waals surface area contributed by atoms with Crippen molar-refractivity contribution in [1.29, 1.82) is 0 Å². The van der Waals surface area contributed by atoms with Gasteiger partial charge in [0.05, 0.1) is 0 Å². The van der Waals surface area contributed by atoms with Crippen LogP contribution in [0.4, 0.5) is 5.82 Å². The van der Waals surface area contributed by atoms with Crippen LogP contribution in [0.25, 0.3) is 0 Å². The molecule has 1 fully saturated rings. The minimum Gasteiger partial charge on any atom is -0.366 e. The predicted octanol–water partition coefficient (Wildman–Crippen LogP) is 2.90. The SMILES string of the molecule is CCCc1nc(Cl)c(C)c(NC2CCCN(C)C2)n1. The van der Waals surface area contributed by atoms with Crippen LogP contribution in [0.15, 0.2) is 0 Å². The molecule has 106 valence electrons. The highest BCUT2D eigenvalue weighted by molar-refractivity contribution is 6.30. The first-order chi connectivity index (χ1) is 9.10. The maximum Gasteiger partial charge on any atom is 0.137 e. The summed E-state index contributed by atoms with van der Waals surface area (Å²) >= 11 is 6.20. The van der Waals surface area contributed by atoms with Crippen LogP contribution in [0.5, 0.6) is 0 Å². The highest BCUT2D eigenvalue weighted by Crippen LogP contribution is 2.22. The summed E-state index contributed by atoms with van der Waals surface area (Å²) in [5.41, 5.74) is 0.953. The summed E-state index contributed by atoms with van der Waals surface area (Å²) in [5, 5.41) is 4.12. The Balaban J connectivity index is 2.14. The standard InChI is InChI=1S/C14H23ClN4/c1-4-6-12-17-13(15)10(2)14(18-12)16-11-7-5-8-19(3)9-11/h11H,4-9H2,1-3H3,(H,16,17,18). The van der Waals surface area contributed by atoms with Crippen molar-refractivity contribution < 1.29 is 0 Å². The molecule has 1 N–H and O–H groups in total. The van der Waals surface area contributed by atoms with Gasteiger partial charge in [0.25, 0.3) is 0 Å². The number of piperidine rings is 1. The van der Waals surface area contributed by atoms with Gasteiger partial charge in [-0.25, -0.2) is 9.97 Å². The number of nitrogens with one attached hydrogen (secondary N) is 1. The van der Waals surface area contributed by atoms with E-state index in [0.29, 0.717) is 11.2 Å². The highest BCUT2D eigenvalue weighted by Gasteiger charge is 2.19. The molecule has 19 heavy (non-hydrogen) atoms. The largest absolute Gasteiger partial charge is 0.366 e. The van der Waals surface area contributed by atoms with Gasteiger partial charge in [0.2, 0.25) is 0 Å². The molecular weight excluding hydrogens is 260 g/mol. The Bertz CT molecular complexity index is 436. The molecule has 1 atom stereocenters. The molecule has 1 aliphatic heterocycles. The molecule has 0 aliphatic carbocycles. The lowest BCUT2D eigenvalue weighted by Crippen LogP contribution is -2.40. The second-order valence-electron chi connectivity index (χ2n) is 5.40. The minimum atomic E-state index is 0.456. The van der Waals surface area contributed by atoms with E-state index in [-0.39, 0.29) is 0 Å². The van der Waals surface area contributed by atoms with Gasteiger partial charge in [0, 0.05) is 24.6 Å². The highest BCUT2D eigenvalue weighted by atomic mass is 35.5. The monoisotopic (exact) mass is 282 g/mol. The van der Waals surface area contributed by atoms with E-state index < -0.39 is 0 Å². The molecular formula is C14H23ClN4. The lowest BCUT2D eigenvalue weighted by atomic mass is 10.1. The van der Waals surface area contributed by atoms with Crippen LogP contribution in [0.2, 0.25) is 5.15 Å². The molecule has 1 unspecified atom stereocenters. The third kappa shape index (κ3) is 3.80. The van der Waals surface area contributed by atoms with Crippen LogP contribution >= 0.6 is 11.6 Å². The Kier molecular flexibility index (Phi) is 4.99. The summed E-state index contributed by atoms with van der Waals surface area (Å²) in [6, 6.07) is 0.456. The first-order valence-electron chi connectivity index (χ1n) is 7.08. The van der Waals surface area contributed by atoms with Crippen molar-refractivity contribution >= 4 is 17.4 Å². The van der Waals surface area contributed by atoms with E-state index in [4.69, 9.17) is 11.6 Å². The molecule has 0 saturated carbocycles. The Morgan fingerprint density at radius 1 is 1.42 bits per heavy atom. The zero-order chi connectivity index (χ0) is 13.8. The predicted molar refractivity (Wildman–Crippen MR) is 79.9 cm³/mol. The molecule has 1 aliphatic rings. The number of likely N-dealkylation sites (tertiary alicyclic amines) is 1. The first kappa shape index (κ1) is 14.5. The maximum atomic E-state index is 6.20. The van der Waals surface area contributed by atoms with Crippen LogP contribution < -0.4 is 5.32 Å². The number of aromatic nitrogens is 2. The second kappa shape index (κ2) is 6.53. The minimum absolute atomic E-state index is 0.456. The van der Waals surface area contributed by atoms with Gasteiger partial charge in [0.1, 0.15) is 16.8 Å². The number of nitrogens with zero attached hydrogens (tertiary/aromatic N) is 3. The van der Waals surface area contributed by atoms with E-state index in [9.17, 15) is 0 Å². The topological polar surface area (TPSA) is 41.1 Å². The number of likely N-dealkylation sites (N-methyl/N-ethyl adjacent to an activating group) is 1. The van der Waals surface area contributed by atoms with Gasteiger partial charge >= 0.3 is 0 Å². The second-order valence-corrected chi connectivity index (χ2v) is 5.76. The third-order valence-corrected chi connectivity index (χ3v) is 3.94. The molecule has 5 heteroatoms. The summed E-state index contributed by atoms with van der Waals surface area (Å²) in [7, 11) is 2.16. The van der Waals surface area contributed by atoms with E-state index in [1.165, 1.54) is 19.4 Å². The van der Waals surface area contributed by atoms with Gasteiger partial charge in [-0.05, 0) is 39.8 Å². The number of hydrogen-bond donors (Lipinski definition) is 1. The van der Waals surface area contributed by atoms with E-state index in [1.54, 1.807) is 0 Å². The number of rotatable bonds is 4. The number of hydrogen-bond acceptors (Lipinski definition) is 4. The van der Waals surface area contributed by atoms with Crippen molar-refractivity contribution in [2.45, 2.75) is 45.6 Å². The van der Waals surface area contributed by atoms with Gasteiger partial charge in [-0.2, -0.15) is 0 Å². The molecule has 0 spiro atoms. The quantitative estimate of drug-likeness (QED) is 0.862. The molecule has 1 aromatic rings. The summed E-state index contributed by atoms with van der Waals surface area (Å²) in [4.78, 5) is 11.3. The van der Waals surface area contributed by atoms with Crippen molar-refractivity contribution in [3.63, 3.8) is 0 Å². The van der Waals surface area contributed by atoms with Crippen LogP contribution in [-0.2, 0) is 6.42 Å². The Morgan fingerprint density at radius 3 is 2.89 bits per heavy atom. The van der Waals surface area contributed by atoms with E-state index >= 15 is 0 Å². The molecule has 0 amide bonds. The van der Waals surface area contributed by atoms with E-state index in [2.05, 4.69) is 34.2 Å². The molecule has 0 bridgehead atoms. The molecule has 1 saturated heterocycles. The average molecular weight is 283 g/mol. The van der Waals surface area contributed by atoms with Crippen molar-refractivity contribution in [3.05, 3.63) is 16.5 Å². The maximum absolute atomic E-state index is 6.20. The number of anilines is 1. The van der Waals surface area contributed by atoms with E-state index in [1.807, 2.05) is 6.92 Å². The third-order valence-electron chi connectivity index (χ3n) is 3.57. The number of aryl methyl sites for hydroxylation is 1. The molecule has 2 heterocycles. The summed E-state index contributed by atoms with van der Waals surface area (Å²) < 4.78 is 0. The lowest BCUT2D eigenvalue weighted by molar-refractivity contribution is 0.260. The van der Waals surface area contributed by atoms with Gasteiger partial charge in [-0.3, -0.25) is 0 Å². The summed E-state index contributed by atoms with van der Waals surface area (Å²) in [6.45, 7) is 6.35. The van der Waals surface area contributed by atoms with Crippen molar-refractivity contribution in [2.75, 3.05) is 25.5 Å². The smallest absolute Gasteiger partial charge is 0.137 e. The Hall–Kier alpha value is -0.870. The molecule has 4 nitrogen and oxygen atoms in total. The van der Waals surface area contributed by atoms with E-state index in [0.717, 1.165) is 36.6 Å². The Labute approximate surface area is 120 Å². The fourth-order valence-electron chi connectivity index (χ4n) is 2.49. The first-order valence-corrected chi connectivity index (χ1v) is 7.46. The summed E-state index contributed by atoms with van der Waals surface area (Å²) in [5.74, 6) is 1.74. The average Bonchev–Trinajstić information content (AvgIpc) is 2.36. The van der Waals surface area contributed by atoms with Crippen molar-refractivity contribution in [1.82, 2.24) is 14.9 Å². The normalized spacial score (nSPS) is 20.5. The molecule has 1 aromatic heterocycles. The zero-order valence-corrected chi connectivity index (χ0v) is 12.8. The lowest BCUT2D eigenvalue weighted by Gasteiger charge is -2.31. The van der Waals surface area contributed by atoms with Crippen LogP contribution in [0, 0.1) is 6.92 Å². The van der Waals surface area contributed by atoms with Crippen molar-refractivity contribution in [3.8, 4) is 0 Å². The fourth-order valence-corrected chi connectivity index (χ4v) is 2.67. The molecule has 0 radical (unpaired) electrons. The Morgan fingerprint density at radius 2 is 2.21 bits per heavy atom. The fraction of sp³-hybridized carbons (Fsp3) is 0.714. The van der Waals surface area contributed by atoms with Gasteiger partial charge in [-0.15, -0.1) is 0 Å². The van der Waals surface area contributed by atoms with Gasteiger partial charge < -0.3 is 10.2 Å². The van der Waals surface area contributed by atoms with Gasteiger partial charge in [0.15, 0.2) is 0 Å². The van der Waals surface area contributed by atoms with Crippen LogP contribution in [0.3, 0.4) is 0 Å². The molecule has 0 aromatic carbocycles. The van der Waals surface area contributed by atoms with Crippen LogP contribution in [-0.4, -0.2) is 41.0 Å². The molecule has 2 rings (SSSR count). The van der Waals surface area contributed by atoms with Crippen LogP contribution in [0.1, 0.15) is 37.6 Å². The van der Waals surface area contributed by atoms with Gasteiger partial charge in [-0.1, -0.05) is 18.5 Å². The zero-order valence-electron chi connectivity index (χ0n) is 12.0. The summed E-state index contributed by atoms with van der Waals surface area (Å²) in [6.07, 6.45) is 4.33.